The van der Waals surface area contributed by atoms with Crippen molar-refractivity contribution in [1.29, 1.82) is 0 Å². The first kappa shape index (κ1) is 21.5. The average molecular weight is 457 g/mol. The summed E-state index contributed by atoms with van der Waals surface area (Å²) < 4.78 is 0. The predicted molar refractivity (Wildman–Crippen MR) is 126 cm³/mol. The summed E-state index contributed by atoms with van der Waals surface area (Å²) in [6, 6.07) is 11.4. The van der Waals surface area contributed by atoms with Gasteiger partial charge in [0.1, 0.15) is 11.9 Å². The number of nitrogens with zero attached hydrogens (tertiary/aromatic N) is 6. The van der Waals surface area contributed by atoms with E-state index in [1.807, 2.05) is 18.2 Å². The van der Waals surface area contributed by atoms with E-state index in [9.17, 15) is 14.4 Å². The monoisotopic (exact) mass is 457 g/mol. The topological polar surface area (TPSA) is 112 Å². The van der Waals surface area contributed by atoms with Crippen molar-refractivity contribution in [2.75, 3.05) is 41.3 Å². The molecule has 0 radical (unpaired) electrons. The van der Waals surface area contributed by atoms with Crippen LogP contribution in [0.15, 0.2) is 61.1 Å². The molecular weight excluding hydrogens is 434 g/mol. The average Bonchev–Trinajstić information content (AvgIpc) is 3.14. The van der Waals surface area contributed by atoms with Crippen LogP contribution in [0, 0.1) is 0 Å². The third-order valence-electron chi connectivity index (χ3n) is 6.03. The van der Waals surface area contributed by atoms with Crippen LogP contribution >= 0.6 is 0 Å². The number of rotatable bonds is 5. The van der Waals surface area contributed by atoms with Crippen LogP contribution in [0.25, 0.3) is 0 Å². The first-order valence-electron chi connectivity index (χ1n) is 11.0. The Labute approximate surface area is 196 Å². The van der Waals surface area contributed by atoms with Gasteiger partial charge >= 0.3 is 0 Å². The molecule has 1 aromatic carbocycles. The van der Waals surface area contributed by atoms with Gasteiger partial charge in [0.25, 0.3) is 11.8 Å². The van der Waals surface area contributed by atoms with Crippen molar-refractivity contribution in [1.82, 2.24) is 19.9 Å². The Kier molecular flexibility index (Phi) is 5.62. The lowest BCUT2D eigenvalue weighted by atomic mass is 10.1. The van der Waals surface area contributed by atoms with Gasteiger partial charge in [0.05, 0.1) is 29.2 Å². The summed E-state index contributed by atoms with van der Waals surface area (Å²) in [5.41, 5.74) is 1.01. The van der Waals surface area contributed by atoms with E-state index in [-0.39, 0.29) is 0 Å². The second kappa shape index (κ2) is 8.89. The fraction of sp³-hybridized carbons (Fsp3) is 0.250. The van der Waals surface area contributed by atoms with E-state index >= 15 is 0 Å². The number of piperazine rings is 1. The minimum absolute atomic E-state index is 0.308. The maximum absolute atomic E-state index is 12.8. The first-order chi connectivity index (χ1) is 16.5. The van der Waals surface area contributed by atoms with Gasteiger partial charge < -0.3 is 15.1 Å². The lowest BCUT2D eigenvalue weighted by Crippen LogP contribution is -2.47. The number of carbonyl (C=O) groups excluding carboxylic acids is 3. The largest absolute Gasteiger partial charge is 0.353 e. The van der Waals surface area contributed by atoms with Crippen molar-refractivity contribution in [3.8, 4) is 0 Å². The molecule has 1 saturated heterocycles. The van der Waals surface area contributed by atoms with Crippen LogP contribution in [0.5, 0.6) is 0 Å². The van der Waals surface area contributed by atoms with Crippen LogP contribution in [-0.2, 0) is 4.79 Å². The molecule has 2 aliphatic rings. The van der Waals surface area contributed by atoms with Crippen molar-refractivity contribution in [2.24, 2.45) is 0 Å². The molecule has 0 bridgehead atoms. The number of hydrogen-bond donors (Lipinski definition) is 1. The Morgan fingerprint density at radius 2 is 1.44 bits per heavy atom. The van der Waals surface area contributed by atoms with Gasteiger partial charge in [0, 0.05) is 32.4 Å². The molecule has 10 heteroatoms. The number of fused-ring (bicyclic) bond motifs is 1. The zero-order valence-corrected chi connectivity index (χ0v) is 18.6. The number of amides is 3. The summed E-state index contributed by atoms with van der Waals surface area (Å²) in [6.45, 7) is 4.62. The normalized spacial score (nSPS) is 16.4. The van der Waals surface area contributed by atoms with Gasteiger partial charge in [-0.25, -0.2) is 15.0 Å². The Balaban J connectivity index is 1.19. The fourth-order valence-corrected chi connectivity index (χ4v) is 4.15. The lowest BCUT2D eigenvalue weighted by Gasteiger charge is -2.35. The summed E-state index contributed by atoms with van der Waals surface area (Å²) in [5, 5.41) is 2.70. The summed E-state index contributed by atoms with van der Waals surface area (Å²) in [4.78, 5) is 56.5. The van der Waals surface area contributed by atoms with Crippen LogP contribution < -0.4 is 15.1 Å². The number of nitrogens with one attached hydrogen (secondary N) is 1. The Morgan fingerprint density at radius 1 is 0.853 bits per heavy atom. The highest BCUT2D eigenvalue weighted by atomic mass is 16.2. The number of imide groups is 1. The molecular formula is C24H23N7O3. The maximum atomic E-state index is 12.8. The quantitative estimate of drug-likeness (QED) is 0.578. The smallest absolute Gasteiger partial charge is 0.262 e. The van der Waals surface area contributed by atoms with E-state index in [1.54, 1.807) is 30.5 Å². The Bertz CT molecular complexity index is 1190. The van der Waals surface area contributed by atoms with Gasteiger partial charge in [-0.3, -0.25) is 19.3 Å². The zero-order chi connectivity index (χ0) is 23.7. The van der Waals surface area contributed by atoms with Gasteiger partial charge in [-0.15, -0.1) is 0 Å². The highest BCUT2D eigenvalue weighted by molar-refractivity contribution is 6.23. The summed E-state index contributed by atoms with van der Waals surface area (Å²) >= 11 is 0. The molecule has 0 saturated carbocycles. The molecule has 1 atom stereocenters. The van der Waals surface area contributed by atoms with Gasteiger partial charge in [-0.05, 0) is 31.2 Å². The molecule has 3 amide bonds. The van der Waals surface area contributed by atoms with Gasteiger partial charge in [-0.1, -0.05) is 18.2 Å². The highest BCUT2D eigenvalue weighted by Crippen LogP contribution is 2.25. The number of anilines is 3. The summed E-state index contributed by atoms with van der Waals surface area (Å²) in [5.74, 6) is 0.0922. The Morgan fingerprint density at radius 3 is 2.03 bits per heavy atom. The molecule has 4 heterocycles. The summed E-state index contributed by atoms with van der Waals surface area (Å²) in [6.07, 6.45) is 4.84. The second-order valence-electron chi connectivity index (χ2n) is 8.12. The molecule has 1 unspecified atom stereocenters. The van der Waals surface area contributed by atoms with E-state index in [2.05, 4.69) is 30.1 Å². The predicted octanol–water partition coefficient (Wildman–Crippen LogP) is 1.82. The molecule has 3 aromatic rings. The molecule has 2 aliphatic heterocycles. The van der Waals surface area contributed by atoms with Crippen molar-refractivity contribution < 1.29 is 14.4 Å². The van der Waals surface area contributed by atoms with Gasteiger partial charge in [0.2, 0.25) is 11.9 Å². The second-order valence-corrected chi connectivity index (χ2v) is 8.12. The molecule has 34 heavy (non-hydrogen) atoms. The lowest BCUT2D eigenvalue weighted by molar-refractivity contribution is -0.119. The minimum Gasteiger partial charge on any atom is -0.353 e. The first-order valence-corrected chi connectivity index (χ1v) is 11.0. The molecule has 10 nitrogen and oxygen atoms in total. The Hall–Kier alpha value is -4.34. The van der Waals surface area contributed by atoms with Crippen molar-refractivity contribution in [2.45, 2.75) is 13.0 Å². The SMILES string of the molecule is CC(C(=O)Nc1cnc(N2CCN(c3ccccn3)CC2)nc1)N1C(=O)c2ccccc2C1=O. The molecule has 0 spiro atoms. The van der Waals surface area contributed by atoms with Crippen LogP contribution in [0.4, 0.5) is 17.5 Å². The van der Waals surface area contributed by atoms with Crippen LogP contribution in [-0.4, -0.2) is 69.8 Å². The number of carbonyl (C=O) groups is 3. The van der Waals surface area contributed by atoms with E-state index in [4.69, 9.17) is 0 Å². The number of aromatic nitrogens is 3. The molecule has 172 valence electrons. The molecule has 5 rings (SSSR count). The fourth-order valence-electron chi connectivity index (χ4n) is 4.15. The molecule has 1 fully saturated rings. The third-order valence-corrected chi connectivity index (χ3v) is 6.03. The molecule has 2 aromatic heterocycles. The molecule has 0 aliphatic carbocycles. The van der Waals surface area contributed by atoms with Crippen LogP contribution in [0.2, 0.25) is 0 Å². The standard InChI is InChI=1S/C24H23N7O3/c1-16(31-22(33)18-6-2-3-7-19(18)23(31)34)21(32)28-17-14-26-24(27-15-17)30-12-10-29(11-13-30)20-8-4-5-9-25-20/h2-9,14-16H,10-13H2,1H3,(H,28,32). The van der Waals surface area contributed by atoms with Crippen molar-refractivity contribution in [3.05, 3.63) is 72.2 Å². The van der Waals surface area contributed by atoms with E-state index in [1.165, 1.54) is 19.3 Å². The third kappa shape index (κ3) is 3.94. The van der Waals surface area contributed by atoms with Gasteiger partial charge in [0.15, 0.2) is 0 Å². The number of hydrogen-bond acceptors (Lipinski definition) is 8. The maximum Gasteiger partial charge on any atom is 0.262 e. The molecule has 1 N–H and O–H groups in total. The van der Waals surface area contributed by atoms with Crippen molar-refractivity contribution in [3.63, 3.8) is 0 Å². The van der Waals surface area contributed by atoms with Gasteiger partial charge in [-0.2, -0.15) is 0 Å². The summed E-state index contributed by atoms with van der Waals surface area (Å²) in [7, 11) is 0. The minimum atomic E-state index is -0.980. The van der Waals surface area contributed by atoms with Crippen LogP contribution in [0.1, 0.15) is 27.6 Å². The van der Waals surface area contributed by atoms with E-state index in [0.29, 0.717) is 22.8 Å². The highest BCUT2D eigenvalue weighted by Gasteiger charge is 2.40. The van der Waals surface area contributed by atoms with E-state index in [0.717, 1.165) is 36.9 Å². The zero-order valence-electron chi connectivity index (χ0n) is 18.6. The van der Waals surface area contributed by atoms with Crippen LogP contribution in [0.3, 0.4) is 0 Å². The number of benzene rings is 1. The number of pyridine rings is 1. The van der Waals surface area contributed by atoms with Crippen molar-refractivity contribution >= 4 is 35.2 Å². The van der Waals surface area contributed by atoms with E-state index < -0.39 is 23.8 Å².